The Morgan fingerprint density at radius 3 is 2.75 bits per heavy atom. The molecule has 1 saturated heterocycles. The predicted octanol–water partition coefficient (Wildman–Crippen LogP) is 3.90. The lowest BCUT2D eigenvalue weighted by atomic mass is 10.2. The fourth-order valence-corrected chi connectivity index (χ4v) is 3.80. The molecule has 0 radical (unpaired) electrons. The summed E-state index contributed by atoms with van der Waals surface area (Å²) in [7, 11) is 0. The largest absolute Gasteiger partial charge is 0.334 e. The summed E-state index contributed by atoms with van der Waals surface area (Å²) in [6, 6.07) is 9.56. The number of rotatable bonds is 5. The van der Waals surface area contributed by atoms with Gasteiger partial charge < -0.3 is 14.0 Å². The molecule has 0 unspecified atom stereocenters. The minimum atomic E-state index is 0.387. The highest BCUT2D eigenvalue weighted by molar-refractivity contribution is 6.29. The molecule has 0 aliphatic carbocycles. The number of fused-ring (bicyclic) bond motifs is 1. The lowest BCUT2D eigenvalue weighted by Gasteiger charge is -2.14. The Hall–Kier alpha value is -2.77. The van der Waals surface area contributed by atoms with Gasteiger partial charge in [-0.1, -0.05) is 16.8 Å². The maximum Gasteiger partial charge on any atom is 0.258 e. The van der Waals surface area contributed by atoms with Crippen molar-refractivity contribution in [2.75, 3.05) is 19.6 Å². The van der Waals surface area contributed by atoms with Crippen LogP contribution < -0.4 is 0 Å². The second-order valence-corrected chi connectivity index (χ2v) is 7.37. The van der Waals surface area contributed by atoms with Gasteiger partial charge in [-0.3, -0.25) is 0 Å². The van der Waals surface area contributed by atoms with Crippen molar-refractivity contribution >= 4 is 22.6 Å². The number of hydrogen-bond donors (Lipinski definition) is 0. The van der Waals surface area contributed by atoms with Gasteiger partial charge in [0.1, 0.15) is 5.15 Å². The molecule has 7 nitrogen and oxygen atoms in total. The average Bonchev–Trinajstić information content (AvgIpc) is 3.46. The van der Waals surface area contributed by atoms with E-state index < -0.39 is 0 Å². The van der Waals surface area contributed by atoms with Gasteiger partial charge in [0.15, 0.2) is 0 Å². The molecule has 0 bridgehead atoms. The highest BCUT2D eigenvalue weighted by Gasteiger charge is 2.14. The smallest absolute Gasteiger partial charge is 0.258 e. The number of halogens is 1. The number of likely N-dealkylation sites (tertiary alicyclic amines) is 1. The molecular formula is C20H19ClN6O. The van der Waals surface area contributed by atoms with E-state index in [0.717, 1.165) is 35.2 Å². The lowest BCUT2D eigenvalue weighted by Crippen LogP contribution is -2.23. The predicted molar refractivity (Wildman–Crippen MR) is 107 cm³/mol. The van der Waals surface area contributed by atoms with Gasteiger partial charge in [0, 0.05) is 30.4 Å². The van der Waals surface area contributed by atoms with Crippen molar-refractivity contribution in [2.45, 2.75) is 19.4 Å². The van der Waals surface area contributed by atoms with Gasteiger partial charge in [-0.05, 0) is 56.3 Å². The fourth-order valence-electron chi connectivity index (χ4n) is 3.63. The van der Waals surface area contributed by atoms with Crippen LogP contribution in [0.1, 0.15) is 12.8 Å². The summed E-state index contributed by atoms with van der Waals surface area (Å²) < 4.78 is 7.60. The SMILES string of the molecule is Clc1cc(-c2nc(-c3ccc4c(c3)ncn4CCN3CCCC3)no2)ccn1. The number of pyridine rings is 1. The van der Waals surface area contributed by atoms with Gasteiger partial charge in [0.25, 0.3) is 5.89 Å². The van der Waals surface area contributed by atoms with E-state index in [0.29, 0.717) is 16.9 Å². The summed E-state index contributed by atoms with van der Waals surface area (Å²) in [5.74, 6) is 0.937. The first-order valence-corrected chi connectivity index (χ1v) is 9.77. The zero-order chi connectivity index (χ0) is 18.9. The summed E-state index contributed by atoms with van der Waals surface area (Å²) in [5, 5.41) is 4.49. The molecule has 8 heteroatoms. The first-order valence-electron chi connectivity index (χ1n) is 9.39. The molecule has 142 valence electrons. The van der Waals surface area contributed by atoms with Crippen LogP contribution in [-0.4, -0.2) is 49.2 Å². The molecule has 0 amide bonds. The minimum Gasteiger partial charge on any atom is -0.334 e. The van der Waals surface area contributed by atoms with Crippen LogP contribution in [0.2, 0.25) is 5.15 Å². The molecule has 5 rings (SSSR count). The third-order valence-corrected chi connectivity index (χ3v) is 5.34. The second-order valence-electron chi connectivity index (χ2n) is 6.98. The zero-order valence-corrected chi connectivity index (χ0v) is 16.0. The van der Waals surface area contributed by atoms with Crippen LogP contribution in [0, 0.1) is 0 Å². The van der Waals surface area contributed by atoms with Gasteiger partial charge >= 0.3 is 0 Å². The fraction of sp³-hybridized carbons (Fsp3) is 0.300. The first kappa shape index (κ1) is 17.3. The monoisotopic (exact) mass is 394 g/mol. The maximum absolute atomic E-state index is 5.94. The first-order chi connectivity index (χ1) is 13.8. The summed E-state index contributed by atoms with van der Waals surface area (Å²) in [6.45, 7) is 4.43. The number of hydrogen-bond acceptors (Lipinski definition) is 6. The van der Waals surface area contributed by atoms with Crippen molar-refractivity contribution in [2.24, 2.45) is 0 Å². The quantitative estimate of drug-likeness (QED) is 0.478. The highest BCUT2D eigenvalue weighted by Crippen LogP contribution is 2.25. The minimum absolute atomic E-state index is 0.387. The Balaban J connectivity index is 1.38. The van der Waals surface area contributed by atoms with Crippen LogP contribution in [0.25, 0.3) is 33.9 Å². The number of aromatic nitrogens is 5. The molecule has 1 aromatic carbocycles. The zero-order valence-electron chi connectivity index (χ0n) is 15.3. The number of nitrogens with zero attached hydrogens (tertiary/aromatic N) is 6. The Bertz CT molecular complexity index is 1110. The average molecular weight is 395 g/mol. The third-order valence-electron chi connectivity index (χ3n) is 5.13. The number of imidazole rings is 1. The van der Waals surface area contributed by atoms with Crippen molar-refractivity contribution in [1.82, 2.24) is 29.6 Å². The molecule has 1 aliphatic rings. The molecular weight excluding hydrogens is 376 g/mol. The lowest BCUT2D eigenvalue weighted by molar-refractivity contribution is 0.324. The van der Waals surface area contributed by atoms with E-state index in [1.54, 1.807) is 18.3 Å². The Kier molecular flexibility index (Phi) is 4.54. The van der Waals surface area contributed by atoms with Crippen LogP contribution in [0.3, 0.4) is 0 Å². The van der Waals surface area contributed by atoms with E-state index in [1.807, 2.05) is 18.5 Å². The van der Waals surface area contributed by atoms with Gasteiger partial charge in [-0.2, -0.15) is 4.98 Å². The molecule has 4 heterocycles. The maximum atomic E-state index is 5.94. The van der Waals surface area contributed by atoms with Gasteiger partial charge in [0.2, 0.25) is 5.82 Å². The molecule has 1 aliphatic heterocycles. The Morgan fingerprint density at radius 1 is 1.00 bits per heavy atom. The number of benzene rings is 1. The van der Waals surface area contributed by atoms with E-state index in [1.165, 1.54) is 25.9 Å². The van der Waals surface area contributed by atoms with E-state index in [2.05, 4.69) is 35.6 Å². The normalized spacial score (nSPS) is 14.9. The molecule has 4 aromatic rings. The van der Waals surface area contributed by atoms with Gasteiger partial charge in [-0.25, -0.2) is 9.97 Å². The second kappa shape index (κ2) is 7.33. The van der Waals surface area contributed by atoms with Crippen LogP contribution >= 0.6 is 11.6 Å². The molecule has 0 spiro atoms. The van der Waals surface area contributed by atoms with Crippen LogP contribution in [0.15, 0.2) is 47.4 Å². The summed E-state index contributed by atoms with van der Waals surface area (Å²) in [5.41, 5.74) is 3.66. The van der Waals surface area contributed by atoms with Crippen LogP contribution in [0.5, 0.6) is 0 Å². The van der Waals surface area contributed by atoms with Crippen molar-refractivity contribution in [3.63, 3.8) is 0 Å². The molecule has 3 aromatic heterocycles. The van der Waals surface area contributed by atoms with Gasteiger partial charge in [-0.15, -0.1) is 0 Å². The Labute approximate surface area is 167 Å². The molecule has 28 heavy (non-hydrogen) atoms. The Morgan fingerprint density at radius 2 is 1.89 bits per heavy atom. The highest BCUT2D eigenvalue weighted by atomic mass is 35.5. The molecule has 0 atom stereocenters. The topological polar surface area (TPSA) is 72.9 Å². The van der Waals surface area contributed by atoms with E-state index in [4.69, 9.17) is 16.1 Å². The molecule has 1 fully saturated rings. The standard InChI is InChI=1S/C20H19ClN6O/c21-18-12-15(5-6-22-18)20-24-19(25-28-20)14-3-4-17-16(11-14)23-13-27(17)10-9-26-7-1-2-8-26/h3-6,11-13H,1-2,7-10H2. The van der Waals surface area contributed by atoms with Crippen molar-refractivity contribution in [3.05, 3.63) is 48.0 Å². The molecule has 0 saturated carbocycles. The van der Waals surface area contributed by atoms with E-state index >= 15 is 0 Å². The van der Waals surface area contributed by atoms with E-state index in [-0.39, 0.29) is 0 Å². The van der Waals surface area contributed by atoms with Crippen molar-refractivity contribution < 1.29 is 4.52 Å². The van der Waals surface area contributed by atoms with Gasteiger partial charge in [0.05, 0.1) is 17.4 Å². The third kappa shape index (κ3) is 3.39. The van der Waals surface area contributed by atoms with E-state index in [9.17, 15) is 0 Å². The summed E-state index contributed by atoms with van der Waals surface area (Å²) in [4.78, 5) is 15.5. The van der Waals surface area contributed by atoms with Crippen LogP contribution in [0.4, 0.5) is 0 Å². The summed E-state index contributed by atoms with van der Waals surface area (Å²) in [6.07, 6.45) is 6.15. The van der Waals surface area contributed by atoms with Crippen molar-refractivity contribution in [1.29, 1.82) is 0 Å². The molecule has 0 N–H and O–H groups in total. The van der Waals surface area contributed by atoms with Crippen LogP contribution in [-0.2, 0) is 6.54 Å². The summed E-state index contributed by atoms with van der Waals surface area (Å²) >= 11 is 5.94. The van der Waals surface area contributed by atoms with Crippen molar-refractivity contribution in [3.8, 4) is 22.8 Å².